The Morgan fingerprint density at radius 3 is 2.96 bits per heavy atom. The number of nitrogens with one attached hydrogen (secondary N) is 2. The summed E-state index contributed by atoms with van der Waals surface area (Å²) in [6.45, 7) is 6.60. The summed E-state index contributed by atoms with van der Waals surface area (Å²) in [7, 11) is 0. The Morgan fingerprint density at radius 2 is 2.22 bits per heavy atom. The maximum Gasteiger partial charge on any atom is 0.189 e. The number of ether oxygens (including phenoxy) is 1. The first kappa shape index (κ1) is 16.4. The van der Waals surface area contributed by atoms with Crippen molar-refractivity contribution in [2.45, 2.75) is 32.4 Å². The van der Waals surface area contributed by atoms with Crippen molar-refractivity contribution in [3.05, 3.63) is 23.0 Å². The molecule has 2 aliphatic heterocycles. The molecule has 124 valence electrons. The van der Waals surface area contributed by atoms with E-state index in [0.29, 0.717) is 41.0 Å². The zero-order valence-corrected chi connectivity index (χ0v) is 14.7. The fourth-order valence-corrected chi connectivity index (χ4v) is 3.25. The molecule has 0 unspecified atom stereocenters. The molecule has 1 aromatic heterocycles. The van der Waals surface area contributed by atoms with Crippen molar-refractivity contribution in [3.8, 4) is 5.75 Å². The lowest BCUT2D eigenvalue weighted by atomic mass is 10.1. The first-order chi connectivity index (χ1) is 11.0. The van der Waals surface area contributed by atoms with Gasteiger partial charge in [-0.05, 0) is 26.1 Å². The third-order valence-corrected chi connectivity index (χ3v) is 4.38. The van der Waals surface area contributed by atoms with Gasteiger partial charge in [0.1, 0.15) is 11.4 Å². The first-order valence-electron chi connectivity index (χ1n) is 7.69. The van der Waals surface area contributed by atoms with E-state index >= 15 is 0 Å². The van der Waals surface area contributed by atoms with E-state index in [4.69, 9.17) is 28.6 Å². The van der Waals surface area contributed by atoms with Crippen LogP contribution in [0.15, 0.2) is 17.4 Å². The Labute approximate surface area is 146 Å². The summed E-state index contributed by atoms with van der Waals surface area (Å²) in [5, 5.41) is 9.13. The van der Waals surface area contributed by atoms with Crippen LogP contribution in [0.1, 0.15) is 26.0 Å². The van der Waals surface area contributed by atoms with Crippen molar-refractivity contribution in [1.29, 1.82) is 0 Å². The summed E-state index contributed by atoms with van der Waals surface area (Å²) in [5.41, 5.74) is 4.56. The van der Waals surface area contributed by atoms with Crippen LogP contribution in [0.25, 0.3) is 0 Å². The zero-order chi connectivity index (χ0) is 16.4. The molecule has 0 aromatic carbocycles. The number of piperazine rings is 1. The van der Waals surface area contributed by atoms with Crippen molar-refractivity contribution in [2.24, 2.45) is 5.10 Å². The molecule has 0 aliphatic carbocycles. The number of fused-ring (bicyclic) bond motifs is 1. The number of rotatable bonds is 1. The third kappa shape index (κ3) is 3.91. The second-order valence-corrected chi connectivity index (χ2v) is 6.77. The lowest BCUT2D eigenvalue weighted by Crippen LogP contribution is -2.57. The van der Waals surface area contributed by atoms with Gasteiger partial charge in [-0.3, -0.25) is 5.43 Å². The highest BCUT2D eigenvalue weighted by Crippen LogP contribution is 2.25. The predicted molar refractivity (Wildman–Crippen MR) is 95.3 cm³/mol. The summed E-state index contributed by atoms with van der Waals surface area (Å²) in [4.78, 5) is 6.46. The smallest absolute Gasteiger partial charge is 0.189 e. The van der Waals surface area contributed by atoms with Crippen LogP contribution in [0, 0.1) is 0 Å². The number of aromatic nitrogens is 1. The number of hydrogen-bond acceptors (Lipinski definition) is 5. The predicted octanol–water partition coefficient (Wildman–Crippen LogP) is 1.78. The average molecular weight is 354 g/mol. The number of pyridine rings is 1. The van der Waals surface area contributed by atoms with E-state index in [1.807, 2.05) is 0 Å². The molecular formula is C15H20ClN5OS. The fourth-order valence-electron chi connectivity index (χ4n) is 2.91. The van der Waals surface area contributed by atoms with Gasteiger partial charge in [0, 0.05) is 43.9 Å². The van der Waals surface area contributed by atoms with Crippen LogP contribution in [0.5, 0.6) is 5.75 Å². The van der Waals surface area contributed by atoms with Crippen molar-refractivity contribution in [1.82, 2.24) is 20.6 Å². The lowest BCUT2D eigenvalue weighted by Gasteiger charge is -2.37. The van der Waals surface area contributed by atoms with Crippen LogP contribution >= 0.6 is 23.8 Å². The monoisotopic (exact) mass is 353 g/mol. The van der Waals surface area contributed by atoms with Crippen molar-refractivity contribution >= 4 is 34.6 Å². The van der Waals surface area contributed by atoms with Gasteiger partial charge in [-0.2, -0.15) is 5.10 Å². The summed E-state index contributed by atoms with van der Waals surface area (Å²) in [5.74, 6) is 0.666. The van der Waals surface area contributed by atoms with Crippen molar-refractivity contribution < 1.29 is 4.74 Å². The van der Waals surface area contributed by atoms with Gasteiger partial charge in [0.25, 0.3) is 0 Å². The molecule has 0 amide bonds. The number of thiocarbonyl (C=S) groups is 1. The minimum absolute atomic E-state index is 0.402. The summed E-state index contributed by atoms with van der Waals surface area (Å²) >= 11 is 11.4. The highest BCUT2D eigenvalue weighted by molar-refractivity contribution is 7.80. The van der Waals surface area contributed by atoms with Crippen LogP contribution in [0.2, 0.25) is 5.02 Å². The van der Waals surface area contributed by atoms with Crippen molar-refractivity contribution in [2.75, 3.05) is 19.7 Å². The number of nitrogens with zero attached hydrogens (tertiary/aromatic N) is 3. The minimum atomic E-state index is 0.402. The van der Waals surface area contributed by atoms with Crippen LogP contribution in [0.3, 0.4) is 0 Å². The molecule has 0 saturated carbocycles. The molecule has 0 radical (unpaired) electrons. The van der Waals surface area contributed by atoms with Gasteiger partial charge >= 0.3 is 0 Å². The second kappa shape index (κ2) is 6.98. The average Bonchev–Trinajstić information content (AvgIpc) is 2.51. The number of hydrazone groups is 1. The maximum atomic E-state index is 5.95. The second-order valence-electron chi connectivity index (χ2n) is 5.95. The molecule has 6 nitrogen and oxygen atoms in total. The largest absolute Gasteiger partial charge is 0.491 e. The van der Waals surface area contributed by atoms with E-state index in [1.54, 1.807) is 12.3 Å². The summed E-state index contributed by atoms with van der Waals surface area (Å²) < 4.78 is 5.58. The van der Waals surface area contributed by atoms with E-state index in [1.165, 1.54) is 0 Å². The van der Waals surface area contributed by atoms with Gasteiger partial charge in [-0.1, -0.05) is 11.6 Å². The van der Waals surface area contributed by atoms with Gasteiger partial charge in [-0.15, -0.1) is 0 Å². The molecule has 2 aliphatic rings. The molecule has 1 fully saturated rings. The molecule has 3 heterocycles. The van der Waals surface area contributed by atoms with E-state index in [-0.39, 0.29) is 0 Å². The standard InChI is InChI=1S/C15H20ClN5OS/c1-9-7-21(8-10(2)18-9)15(23)20-19-12-3-4-22-13-5-11(16)6-17-14(12)13/h5-6,9-10,18H,3-4,7-8H2,1-2H3,(H,20,23)/b19-12-/t9-,10+. The Kier molecular flexibility index (Phi) is 4.99. The van der Waals surface area contributed by atoms with Gasteiger partial charge < -0.3 is 15.0 Å². The molecule has 2 N–H and O–H groups in total. The molecular weight excluding hydrogens is 334 g/mol. The quantitative estimate of drug-likeness (QED) is 0.593. The van der Waals surface area contributed by atoms with E-state index in [2.05, 4.69) is 39.6 Å². The Balaban J connectivity index is 1.70. The Morgan fingerprint density at radius 1 is 1.48 bits per heavy atom. The number of halogens is 1. The van der Waals surface area contributed by atoms with E-state index in [0.717, 1.165) is 24.5 Å². The van der Waals surface area contributed by atoms with Crippen LogP contribution in [-0.4, -0.2) is 52.5 Å². The first-order valence-corrected chi connectivity index (χ1v) is 8.48. The van der Waals surface area contributed by atoms with Crippen LogP contribution < -0.4 is 15.5 Å². The minimum Gasteiger partial charge on any atom is -0.491 e. The highest BCUT2D eigenvalue weighted by Gasteiger charge is 2.23. The SMILES string of the molecule is C[C@@H]1CN(C(=S)N/N=C2/CCOc3cc(Cl)cnc32)C[C@H](C)N1. The fraction of sp³-hybridized carbons (Fsp3) is 0.533. The normalized spacial score (nSPS) is 25.7. The number of hydrogen-bond donors (Lipinski definition) is 2. The molecule has 23 heavy (non-hydrogen) atoms. The highest BCUT2D eigenvalue weighted by atomic mass is 35.5. The Bertz CT molecular complexity index is 628. The summed E-state index contributed by atoms with van der Waals surface area (Å²) in [6.07, 6.45) is 2.29. The van der Waals surface area contributed by atoms with Crippen molar-refractivity contribution in [3.63, 3.8) is 0 Å². The maximum absolute atomic E-state index is 5.95. The lowest BCUT2D eigenvalue weighted by molar-refractivity contribution is 0.253. The molecule has 0 spiro atoms. The zero-order valence-electron chi connectivity index (χ0n) is 13.2. The van der Waals surface area contributed by atoms with Crippen LogP contribution in [-0.2, 0) is 0 Å². The third-order valence-electron chi connectivity index (χ3n) is 3.82. The van der Waals surface area contributed by atoms with Gasteiger partial charge in [0.05, 0.1) is 17.3 Å². The van der Waals surface area contributed by atoms with Gasteiger partial charge in [0.15, 0.2) is 5.11 Å². The molecule has 0 bridgehead atoms. The molecule has 1 saturated heterocycles. The van der Waals surface area contributed by atoms with Gasteiger partial charge in [-0.25, -0.2) is 4.98 Å². The van der Waals surface area contributed by atoms with Gasteiger partial charge in [0.2, 0.25) is 0 Å². The topological polar surface area (TPSA) is 61.8 Å². The molecule has 3 rings (SSSR count). The van der Waals surface area contributed by atoms with E-state index < -0.39 is 0 Å². The Hall–Kier alpha value is -1.44. The van der Waals surface area contributed by atoms with E-state index in [9.17, 15) is 0 Å². The summed E-state index contributed by atoms with van der Waals surface area (Å²) in [6, 6.07) is 2.56. The molecule has 2 atom stereocenters. The van der Waals surface area contributed by atoms with Crippen LogP contribution in [0.4, 0.5) is 0 Å². The molecule has 8 heteroatoms. The molecule has 1 aromatic rings.